The highest BCUT2D eigenvalue weighted by atomic mass is 79.9. The van der Waals surface area contributed by atoms with Crippen molar-refractivity contribution in [1.82, 2.24) is 10.6 Å². The third kappa shape index (κ3) is 6.16. The van der Waals surface area contributed by atoms with Crippen LogP contribution in [0.4, 0.5) is 5.69 Å². The van der Waals surface area contributed by atoms with Crippen molar-refractivity contribution in [2.45, 2.75) is 32.9 Å². The van der Waals surface area contributed by atoms with Crippen LogP contribution in [0.1, 0.15) is 20.8 Å². The van der Waals surface area contributed by atoms with Crippen molar-refractivity contribution < 1.29 is 9.59 Å². The maximum Gasteiger partial charge on any atom is 0.238 e. The summed E-state index contributed by atoms with van der Waals surface area (Å²) in [4.78, 5) is 23.4. The van der Waals surface area contributed by atoms with E-state index in [1.807, 2.05) is 26.0 Å². The Bertz CT molecular complexity index is 460. The van der Waals surface area contributed by atoms with Gasteiger partial charge in [-0.3, -0.25) is 14.9 Å². The summed E-state index contributed by atoms with van der Waals surface area (Å²) in [6.45, 7) is 5.60. The van der Waals surface area contributed by atoms with E-state index < -0.39 is 6.04 Å². The molecule has 1 aromatic carbocycles. The molecule has 6 heteroatoms. The van der Waals surface area contributed by atoms with Gasteiger partial charge in [-0.2, -0.15) is 0 Å². The molecule has 20 heavy (non-hydrogen) atoms. The maximum atomic E-state index is 11.7. The summed E-state index contributed by atoms with van der Waals surface area (Å²) in [5.41, 5.74) is 0.722. The molecule has 0 saturated carbocycles. The van der Waals surface area contributed by atoms with Gasteiger partial charge >= 0.3 is 0 Å². The predicted molar refractivity (Wildman–Crippen MR) is 83.5 cm³/mol. The molecule has 0 aliphatic carbocycles. The molecule has 0 aliphatic heterocycles. The van der Waals surface area contributed by atoms with Crippen LogP contribution in [0.2, 0.25) is 0 Å². The molecule has 2 amide bonds. The minimum absolute atomic E-state index is 0.0861. The van der Waals surface area contributed by atoms with E-state index in [1.165, 1.54) is 0 Å². The zero-order valence-electron chi connectivity index (χ0n) is 11.9. The average Bonchev–Trinajstić information content (AvgIpc) is 2.38. The molecule has 0 aliphatic rings. The molecule has 1 atom stereocenters. The molecular formula is C14H20BrN3O2. The molecule has 5 nitrogen and oxygen atoms in total. The molecule has 110 valence electrons. The second-order valence-electron chi connectivity index (χ2n) is 4.82. The van der Waals surface area contributed by atoms with Crippen LogP contribution in [0.3, 0.4) is 0 Å². The Labute approximate surface area is 127 Å². The number of hydrogen-bond donors (Lipinski definition) is 3. The van der Waals surface area contributed by atoms with Gasteiger partial charge in [0, 0.05) is 16.2 Å². The minimum atomic E-state index is -0.409. The van der Waals surface area contributed by atoms with E-state index in [2.05, 4.69) is 31.9 Å². The standard InChI is InChI=1S/C14H20BrN3O2/c1-9(2)17-14(20)10(3)16-8-13(19)18-12-6-4-11(15)5-7-12/h4-7,9-10,16H,8H2,1-3H3,(H,17,20)(H,18,19). The van der Waals surface area contributed by atoms with Crippen LogP contribution in [0.25, 0.3) is 0 Å². The molecule has 1 rings (SSSR count). The van der Waals surface area contributed by atoms with Crippen LogP contribution in [-0.4, -0.2) is 30.4 Å². The average molecular weight is 342 g/mol. The first-order valence-electron chi connectivity index (χ1n) is 6.47. The Morgan fingerprint density at radius 1 is 1.15 bits per heavy atom. The maximum absolute atomic E-state index is 11.7. The van der Waals surface area contributed by atoms with E-state index in [1.54, 1.807) is 19.1 Å². The van der Waals surface area contributed by atoms with Crippen LogP contribution in [0, 0.1) is 0 Å². The summed E-state index contributed by atoms with van der Waals surface area (Å²) < 4.78 is 0.951. The first kappa shape index (κ1) is 16.7. The van der Waals surface area contributed by atoms with E-state index in [9.17, 15) is 9.59 Å². The van der Waals surface area contributed by atoms with Gasteiger partial charge in [0.05, 0.1) is 12.6 Å². The first-order chi connectivity index (χ1) is 9.38. The van der Waals surface area contributed by atoms with Gasteiger partial charge in [0.25, 0.3) is 0 Å². The number of nitrogens with one attached hydrogen (secondary N) is 3. The van der Waals surface area contributed by atoms with E-state index in [0.29, 0.717) is 0 Å². The van der Waals surface area contributed by atoms with Crippen molar-refractivity contribution in [2.75, 3.05) is 11.9 Å². The lowest BCUT2D eigenvalue weighted by atomic mass is 10.2. The fourth-order valence-electron chi connectivity index (χ4n) is 1.49. The van der Waals surface area contributed by atoms with E-state index in [-0.39, 0.29) is 24.4 Å². The van der Waals surface area contributed by atoms with Gasteiger partial charge in [-0.05, 0) is 45.0 Å². The van der Waals surface area contributed by atoms with Crippen molar-refractivity contribution >= 4 is 33.4 Å². The summed E-state index contributed by atoms with van der Waals surface area (Å²) in [5, 5.41) is 8.42. The second-order valence-corrected chi connectivity index (χ2v) is 5.74. The van der Waals surface area contributed by atoms with Crippen molar-refractivity contribution in [3.05, 3.63) is 28.7 Å². The highest BCUT2D eigenvalue weighted by molar-refractivity contribution is 9.10. The van der Waals surface area contributed by atoms with E-state index >= 15 is 0 Å². The largest absolute Gasteiger partial charge is 0.353 e. The van der Waals surface area contributed by atoms with Crippen molar-refractivity contribution in [1.29, 1.82) is 0 Å². The van der Waals surface area contributed by atoms with Crippen LogP contribution < -0.4 is 16.0 Å². The summed E-state index contributed by atoms with van der Waals surface area (Å²) in [6, 6.07) is 6.98. The number of benzene rings is 1. The normalized spacial score (nSPS) is 12.1. The van der Waals surface area contributed by atoms with Crippen LogP contribution in [0.15, 0.2) is 28.7 Å². The lowest BCUT2D eigenvalue weighted by Crippen LogP contribution is -2.46. The smallest absolute Gasteiger partial charge is 0.238 e. The Balaban J connectivity index is 2.36. The number of halogens is 1. The van der Waals surface area contributed by atoms with Gasteiger partial charge in [0.1, 0.15) is 0 Å². The number of amides is 2. The van der Waals surface area contributed by atoms with Gasteiger partial charge in [-0.15, -0.1) is 0 Å². The van der Waals surface area contributed by atoms with Crippen molar-refractivity contribution in [2.24, 2.45) is 0 Å². The monoisotopic (exact) mass is 341 g/mol. The third-order valence-corrected chi connectivity index (χ3v) is 3.05. The van der Waals surface area contributed by atoms with Gasteiger partial charge in [0.2, 0.25) is 11.8 Å². The topological polar surface area (TPSA) is 70.2 Å². The Morgan fingerprint density at radius 2 is 1.75 bits per heavy atom. The van der Waals surface area contributed by atoms with E-state index in [4.69, 9.17) is 0 Å². The van der Waals surface area contributed by atoms with Crippen LogP contribution in [0.5, 0.6) is 0 Å². The van der Waals surface area contributed by atoms with Crippen LogP contribution >= 0.6 is 15.9 Å². The number of carbonyl (C=O) groups is 2. The molecule has 0 heterocycles. The van der Waals surface area contributed by atoms with Gasteiger partial charge < -0.3 is 10.6 Å². The Kier molecular flexibility index (Phi) is 6.67. The summed E-state index contributed by atoms with van der Waals surface area (Å²) in [7, 11) is 0. The fraction of sp³-hybridized carbons (Fsp3) is 0.429. The molecule has 1 aromatic rings. The molecule has 3 N–H and O–H groups in total. The van der Waals surface area contributed by atoms with Gasteiger partial charge in [-0.1, -0.05) is 15.9 Å². The second kappa shape index (κ2) is 8.01. The van der Waals surface area contributed by atoms with E-state index in [0.717, 1.165) is 10.2 Å². The highest BCUT2D eigenvalue weighted by Gasteiger charge is 2.14. The number of hydrogen-bond acceptors (Lipinski definition) is 3. The third-order valence-electron chi connectivity index (χ3n) is 2.52. The summed E-state index contributed by atoms with van der Waals surface area (Å²) >= 11 is 3.33. The number of rotatable bonds is 6. The minimum Gasteiger partial charge on any atom is -0.353 e. The van der Waals surface area contributed by atoms with Crippen LogP contribution in [-0.2, 0) is 9.59 Å². The Morgan fingerprint density at radius 3 is 2.30 bits per heavy atom. The number of carbonyl (C=O) groups excluding carboxylic acids is 2. The lowest BCUT2D eigenvalue weighted by Gasteiger charge is -2.15. The summed E-state index contributed by atoms with van der Waals surface area (Å²) in [5.74, 6) is -0.298. The van der Waals surface area contributed by atoms with Crippen molar-refractivity contribution in [3.8, 4) is 0 Å². The molecule has 0 fully saturated rings. The quantitative estimate of drug-likeness (QED) is 0.739. The molecular weight excluding hydrogens is 322 g/mol. The highest BCUT2D eigenvalue weighted by Crippen LogP contribution is 2.13. The molecule has 0 aromatic heterocycles. The molecule has 0 radical (unpaired) electrons. The Hall–Kier alpha value is -1.40. The molecule has 0 saturated heterocycles. The predicted octanol–water partition coefficient (Wildman–Crippen LogP) is 1.89. The molecule has 0 spiro atoms. The SMILES string of the molecule is CC(C)NC(=O)C(C)NCC(=O)Nc1ccc(Br)cc1. The summed E-state index contributed by atoms with van der Waals surface area (Å²) in [6.07, 6.45) is 0. The fourth-order valence-corrected chi connectivity index (χ4v) is 1.75. The van der Waals surface area contributed by atoms with Crippen molar-refractivity contribution in [3.63, 3.8) is 0 Å². The number of anilines is 1. The zero-order chi connectivity index (χ0) is 15.1. The molecule has 0 bridgehead atoms. The zero-order valence-corrected chi connectivity index (χ0v) is 13.5. The lowest BCUT2D eigenvalue weighted by molar-refractivity contribution is -0.123. The first-order valence-corrected chi connectivity index (χ1v) is 7.27. The van der Waals surface area contributed by atoms with Gasteiger partial charge in [0.15, 0.2) is 0 Å². The van der Waals surface area contributed by atoms with Gasteiger partial charge in [-0.25, -0.2) is 0 Å². The molecule has 1 unspecified atom stereocenters.